The van der Waals surface area contributed by atoms with Crippen LogP contribution in [0.4, 0.5) is 0 Å². The van der Waals surface area contributed by atoms with Crippen molar-refractivity contribution in [3.63, 3.8) is 0 Å². The van der Waals surface area contributed by atoms with E-state index in [1.807, 2.05) is 0 Å². The highest BCUT2D eigenvalue weighted by Crippen LogP contribution is 2.31. The lowest BCUT2D eigenvalue weighted by Gasteiger charge is -2.28. The average molecular weight is 248 g/mol. The smallest absolute Gasteiger partial charge is 0.123 e. The van der Waals surface area contributed by atoms with Crippen molar-refractivity contribution < 1.29 is 4.74 Å². The molecule has 1 unspecified atom stereocenters. The number of nitrogens with one attached hydrogen (secondary N) is 2. The first-order valence-electron chi connectivity index (χ1n) is 6.65. The molecule has 100 valence electrons. The molecule has 1 aromatic rings. The Morgan fingerprint density at radius 1 is 1.22 bits per heavy atom. The van der Waals surface area contributed by atoms with Crippen molar-refractivity contribution in [1.82, 2.24) is 10.6 Å². The van der Waals surface area contributed by atoms with Gasteiger partial charge in [0, 0.05) is 31.2 Å². The van der Waals surface area contributed by atoms with E-state index in [1.165, 1.54) is 11.1 Å². The van der Waals surface area contributed by atoms with Crippen LogP contribution in [0.3, 0.4) is 0 Å². The zero-order valence-corrected chi connectivity index (χ0v) is 11.8. The fourth-order valence-corrected chi connectivity index (χ4v) is 2.35. The van der Waals surface area contributed by atoms with Crippen LogP contribution in [0.1, 0.15) is 37.9 Å². The number of benzene rings is 1. The third-order valence-corrected chi connectivity index (χ3v) is 3.51. The molecule has 3 nitrogen and oxygen atoms in total. The molecular weight excluding hydrogens is 224 g/mol. The van der Waals surface area contributed by atoms with Gasteiger partial charge in [-0.1, -0.05) is 26.8 Å². The van der Waals surface area contributed by atoms with Crippen LogP contribution in [-0.4, -0.2) is 26.7 Å². The molecular formula is C15H24N2O. The summed E-state index contributed by atoms with van der Waals surface area (Å²) in [5.41, 5.74) is 2.78. The van der Waals surface area contributed by atoms with Crippen molar-refractivity contribution >= 4 is 0 Å². The average Bonchev–Trinajstić information content (AvgIpc) is 2.38. The molecule has 0 saturated carbocycles. The quantitative estimate of drug-likeness (QED) is 0.842. The Morgan fingerprint density at radius 2 is 2.00 bits per heavy atom. The second-order valence-electron chi connectivity index (χ2n) is 5.92. The summed E-state index contributed by atoms with van der Waals surface area (Å²) in [7, 11) is 1.74. The Bertz CT molecular complexity index is 403. The van der Waals surface area contributed by atoms with Gasteiger partial charge < -0.3 is 15.4 Å². The predicted molar refractivity (Wildman–Crippen MR) is 75.3 cm³/mol. The van der Waals surface area contributed by atoms with Crippen LogP contribution in [0.2, 0.25) is 0 Å². The molecule has 3 heteroatoms. The lowest BCUT2D eigenvalue weighted by atomic mass is 9.85. The van der Waals surface area contributed by atoms with E-state index in [9.17, 15) is 0 Å². The minimum Gasteiger partial charge on any atom is -0.496 e. The van der Waals surface area contributed by atoms with Gasteiger partial charge in [0.25, 0.3) is 0 Å². The van der Waals surface area contributed by atoms with Crippen molar-refractivity contribution in [3.8, 4) is 5.75 Å². The molecule has 0 aliphatic carbocycles. The Labute approximate surface area is 110 Å². The summed E-state index contributed by atoms with van der Waals surface area (Å²) in [6, 6.07) is 6.88. The molecule has 0 bridgehead atoms. The van der Waals surface area contributed by atoms with Crippen LogP contribution >= 0.6 is 0 Å². The zero-order valence-electron chi connectivity index (χ0n) is 11.8. The van der Waals surface area contributed by atoms with Gasteiger partial charge in [-0.3, -0.25) is 0 Å². The lowest BCUT2D eigenvalue weighted by molar-refractivity contribution is 0.381. The molecule has 2 N–H and O–H groups in total. The molecule has 0 amide bonds. The van der Waals surface area contributed by atoms with Crippen LogP contribution in [0.15, 0.2) is 18.2 Å². The molecule has 0 aromatic heterocycles. The van der Waals surface area contributed by atoms with E-state index in [-0.39, 0.29) is 5.41 Å². The molecule has 1 aromatic carbocycles. The van der Waals surface area contributed by atoms with E-state index in [0.717, 1.165) is 25.4 Å². The number of hydrogen-bond acceptors (Lipinski definition) is 3. The first kappa shape index (κ1) is 13.4. The maximum atomic E-state index is 5.50. The molecule has 1 saturated heterocycles. The zero-order chi connectivity index (χ0) is 13.2. The van der Waals surface area contributed by atoms with E-state index >= 15 is 0 Å². The van der Waals surface area contributed by atoms with Crippen molar-refractivity contribution in [2.45, 2.75) is 32.2 Å². The molecule has 1 aliphatic heterocycles. The van der Waals surface area contributed by atoms with Crippen molar-refractivity contribution in [2.75, 3.05) is 26.7 Å². The Morgan fingerprint density at radius 3 is 2.56 bits per heavy atom. The Balaban J connectivity index is 2.35. The van der Waals surface area contributed by atoms with E-state index in [4.69, 9.17) is 4.74 Å². The molecule has 0 spiro atoms. The van der Waals surface area contributed by atoms with Crippen LogP contribution < -0.4 is 15.4 Å². The van der Waals surface area contributed by atoms with Gasteiger partial charge in [0.2, 0.25) is 0 Å². The largest absolute Gasteiger partial charge is 0.496 e. The number of rotatable bonds is 2. The summed E-state index contributed by atoms with van der Waals surface area (Å²) in [6.45, 7) is 9.73. The minimum absolute atomic E-state index is 0.170. The van der Waals surface area contributed by atoms with Crippen LogP contribution in [0, 0.1) is 0 Å². The van der Waals surface area contributed by atoms with Gasteiger partial charge in [-0.25, -0.2) is 0 Å². The fraction of sp³-hybridized carbons (Fsp3) is 0.600. The van der Waals surface area contributed by atoms with Crippen LogP contribution in [-0.2, 0) is 5.41 Å². The lowest BCUT2D eigenvalue weighted by Crippen LogP contribution is -2.42. The standard InChI is InChI=1S/C15H24N2O/c1-15(2,3)11-5-6-14(18-4)12(9-11)13-10-16-7-8-17-13/h5-6,9,13,16-17H,7-8,10H2,1-4H3. The highest BCUT2D eigenvalue weighted by molar-refractivity contribution is 5.42. The van der Waals surface area contributed by atoms with E-state index in [1.54, 1.807) is 7.11 Å². The Hall–Kier alpha value is -1.06. The third kappa shape index (κ3) is 2.85. The summed E-state index contributed by atoms with van der Waals surface area (Å²) in [6.07, 6.45) is 0. The topological polar surface area (TPSA) is 33.3 Å². The van der Waals surface area contributed by atoms with Crippen molar-refractivity contribution in [3.05, 3.63) is 29.3 Å². The fourth-order valence-electron chi connectivity index (χ4n) is 2.35. The minimum atomic E-state index is 0.170. The maximum Gasteiger partial charge on any atom is 0.123 e. The van der Waals surface area contributed by atoms with Gasteiger partial charge in [0.1, 0.15) is 5.75 Å². The number of hydrogen-bond donors (Lipinski definition) is 2. The molecule has 1 atom stereocenters. The number of methoxy groups -OCH3 is 1. The molecule has 1 fully saturated rings. The van der Waals surface area contributed by atoms with Gasteiger partial charge >= 0.3 is 0 Å². The van der Waals surface area contributed by atoms with E-state index < -0.39 is 0 Å². The second kappa shape index (κ2) is 5.29. The molecule has 1 aliphatic rings. The monoisotopic (exact) mass is 248 g/mol. The molecule has 0 radical (unpaired) electrons. The summed E-state index contributed by atoms with van der Waals surface area (Å²) in [5.74, 6) is 0.976. The second-order valence-corrected chi connectivity index (χ2v) is 5.92. The first-order chi connectivity index (χ1) is 8.52. The Kier molecular flexibility index (Phi) is 3.93. The van der Waals surface area contributed by atoms with Gasteiger partial charge in [0.05, 0.1) is 7.11 Å². The predicted octanol–water partition coefficient (Wildman–Crippen LogP) is 2.23. The van der Waals surface area contributed by atoms with Gasteiger partial charge in [-0.2, -0.15) is 0 Å². The van der Waals surface area contributed by atoms with Gasteiger partial charge in [0.15, 0.2) is 0 Å². The van der Waals surface area contributed by atoms with Crippen molar-refractivity contribution in [1.29, 1.82) is 0 Å². The third-order valence-electron chi connectivity index (χ3n) is 3.51. The normalized spacial score (nSPS) is 20.8. The highest BCUT2D eigenvalue weighted by atomic mass is 16.5. The SMILES string of the molecule is COc1ccc(C(C)(C)C)cc1C1CNCCN1. The van der Waals surface area contributed by atoms with Gasteiger partial charge in [-0.05, 0) is 23.1 Å². The highest BCUT2D eigenvalue weighted by Gasteiger charge is 2.21. The van der Waals surface area contributed by atoms with Gasteiger partial charge in [-0.15, -0.1) is 0 Å². The number of ether oxygens (including phenoxy) is 1. The molecule has 2 rings (SSSR count). The van der Waals surface area contributed by atoms with Crippen LogP contribution in [0.5, 0.6) is 5.75 Å². The van der Waals surface area contributed by atoms with E-state index in [2.05, 4.69) is 49.6 Å². The first-order valence-corrected chi connectivity index (χ1v) is 6.65. The molecule has 18 heavy (non-hydrogen) atoms. The van der Waals surface area contributed by atoms with Crippen LogP contribution in [0.25, 0.3) is 0 Å². The number of piperazine rings is 1. The van der Waals surface area contributed by atoms with E-state index in [0.29, 0.717) is 6.04 Å². The summed E-state index contributed by atoms with van der Waals surface area (Å²) < 4.78 is 5.50. The molecule has 1 heterocycles. The van der Waals surface area contributed by atoms with Crippen molar-refractivity contribution in [2.24, 2.45) is 0 Å². The summed E-state index contributed by atoms with van der Waals surface area (Å²) in [5, 5.41) is 6.97. The maximum absolute atomic E-state index is 5.50. The summed E-state index contributed by atoms with van der Waals surface area (Å²) in [4.78, 5) is 0. The summed E-state index contributed by atoms with van der Waals surface area (Å²) >= 11 is 0.